The van der Waals surface area contributed by atoms with E-state index in [1.54, 1.807) is 0 Å². The van der Waals surface area contributed by atoms with Crippen LogP contribution in [0.25, 0.3) is 0 Å². The van der Waals surface area contributed by atoms with Gasteiger partial charge in [0.2, 0.25) is 5.89 Å². The molecular weight excluding hydrogens is 228 g/mol. The minimum atomic E-state index is 0.541. The van der Waals surface area contributed by atoms with Crippen molar-refractivity contribution in [3.8, 4) is 0 Å². The van der Waals surface area contributed by atoms with E-state index in [0.29, 0.717) is 12.1 Å². The Labute approximate surface area is 109 Å². The smallest absolute Gasteiger partial charge is 0.240 e. The maximum atomic E-state index is 5.22. The molecule has 0 aromatic carbocycles. The highest BCUT2D eigenvalue weighted by atomic mass is 16.5. The second kappa shape index (κ2) is 6.29. The number of hydrogen-bond acceptors (Lipinski definition) is 5. The molecule has 0 aliphatic carbocycles. The van der Waals surface area contributed by atoms with Gasteiger partial charge >= 0.3 is 0 Å². The molecule has 2 heterocycles. The first-order valence-electron chi connectivity index (χ1n) is 6.92. The Kier molecular flexibility index (Phi) is 4.72. The minimum Gasteiger partial charge on any atom is -0.338 e. The summed E-state index contributed by atoms with van der Waals surface area (Å²) in [5.74, 6) is 1.46. The minimum absolute atomic E-state index is 0.541. The van der Waals surface area contributed by atoms with E-state index < -0.39 is 0 Å². The van der Waals surface area contributed by atoms with E-state index in [1.165, 1.54) is 19.3 Å². The molecule has 2 rings (SSSR count). The van der Waals surface area contributed by atoms with Crippen molar-refractivity contribution in [3.63, 3.8) is 0 Å². The summed E-state index contributed by atoms with van der Waals surface area (Å²) in [6, 6.07) is 1.13. The Hall–Kier alpha value is -0.940. The molecule has 18 heavy (non-hydrogen) atoms. The van der Waals surface area contributed by atoms with Crippen LogP contribution in [0, 0.1) is 6.92 Å². The van der Waals surface area contributed by atoms with Gasteiger partial charge < -0.3 is 9.84 Å². The van der Waals surface area contributed by atoms with Gasteiger partial charge in [0.25, 0.3) is 0 Å². The van der Waals surface area contributed by atoms with Crippen LogP contribution in [0.1, 0.15) is 44.8 Å². The molecule has 1 aromatic heterocycles. The van der Waals surface area contributed by atoms with E-state index in [1.807, 2.05) is 6.92 Å². The quantitative estimate of drug-likeness (QED) is 0.865. The van der Waals surface area contributed by atoms with Crippen molar-refractivity contribution in [1.82, 2.24) is 20.4 Å². The first-order valence-corrected chi connectivity index (χ1v) is 6.92. The first kappa shape index (κ1) is 13.5. The topological polar surface area (TPSA) is 54.2 Å². The van der Waals surface area contributed by atoms with Crippen molar-refractivity contribution in [2.24, 2.45) is 0 Å². The van der Waals surface area contributed by atoms with Gasteiger partial charge in [0.15, 0.2) is 5.82 Å². The number of aromatic nitrogens is 2. The monoisotopic (exact) mass is 252 g/mol. The van der Waals surface area contributed by atoms with Gasteiger partial charge in [0.05, 0.1) is 6.54 Å². The molecule has 1 atom stereocenters. The molecule has 0 saturated carbocycles. The Morgan fingerprint density at radius 3 is 2.94 bits per heavy atom. The lowest BCUT2D eigenvalue weighted by Crippen LogP contribution is -2.46. The molecule has 5 heteroatoms. The highest BCUT2D eigenvalue weighted by molar-refractivity contribution is 4.87. The lowest BCUT2D eigenvalue weighted by atomic mass is 10.0. The van der Waals surface area contributed by atoms with Crippen LogP contribution >= 0.6 is 0 Å². The summed E-state index contributed by atoms with van der Waals surface area (Å²) in [6.07, 6.45) is 3.85. The lowest BCUT2D eigenvalue weighted by Gasteiger charge is -2.35. The normalized spacial score (nSPS) is 21.7. The van der Waals surface area contributed by atoms with Crippen molar-refractivity contribution in [2.45, 2.75) is 58.7 Å². The van der Waals surface area contributed by atoms with Crippen LogP contribution in [-0.2, 0) is 6.54 Å². The van der Waals surface area contributed by atoms with Crippen LogP contribution in [0.2, 0.25) is 0 Å². The fourth-order valence-corrected chi connectivity index (χ4v) is 2.45. The van der Waals surface area contributed by atoms with Crippen LogP contribution in [-0.4, -0.2) is 40.2 Å². The fraction of sp³-hybridized carbons (Fsp3) is 0.846. The Bertz CT molecular complexity index is 364. The second-order valence-electron chi connectivity index (χ2n) is 5.42. The van der Waals surface area contributed by atoms with Gasteiger partial charge in [0.1, 0.15) is 0 Å². The van der Waals surface area contributed by atoms with Gasteiger partial charge in [-0.25, -0.2) is 0 Å². The van der Waals surface area contributed by atoms with Crippen LogP contribution in [0.4, 0.5) is 0 Å². The number of hydrogen-bond donors (Lipinski definition) is 1. The van der Waals surface area contributed by atoms with Gasteiger partial charge in [-0.2, -0.15) is 4.98 Å². The molecule has 102 valence electrons. The molecule has 0 amide bonds. The van der Waals surface area contributed by atoms with Gasteiger partial charge in [-0.05, 0) is 26.3 Å². The third kappa shape index (κ3) is 3.78. The Balaban J connectivity index is 1.90. The van der Waals surface area contributed by atoms with Crippen molar-refractivity contribution >= 4 is 0 Å². The molecule has 1 aliphatic heterocycles. The maximum Gasteiger partial charge on any atom is 0.240 e. The van der Waals surface area contributed by atoms with Crippen LogP contribution in [0.5, 0.6) is 0 Å². The molecular formula is C13H24N4O. The van der Waals surface area contributed by atoms with E-state index in [9.17, 15) is 0 Å². The summed E-state index contributed by atoms with van der Waals surface area (Å²) in [6.45, 7) is 9.20. The third-order valence-electron chi connectivity index (χ3n) is 3.42. The Morgan fingerprint density at radius 2 is 2.28 bits per heavy atom. The van der Waals surface area contributed by atoms with Gasteiger partial charge in [0, 0.05) is 18.6 Å². The van der Waals surface area contributed by atoms with Crippen molar-refractivity contribution < 1.29 is 4.52 Å². The molecule has 1 fully saturated rings. The van der Waals surface area contributed by atoms with E-state index in [0.717, 1.165) is 31.3 Å². The number of aryl methyl sites for hydroxylation is 1. The van der Waals surface area contributed by atoms with E-state index in [-0.39, 0.29) is 0 Å². The predicted molar refractivity (Wildman–Crippen MR) is 70.2 cm³/mol. The predicted octanol–water partition coefficient (Wildman–Crippen LogP) is 1.73. The summed E-state index contributed by atoms with van der Waals surface area (Å²) < 4.78 is 5.22. The number of piperidine rings is 1. The standard InChI is InChI=1S/C13H24N4O/c1-10(2)14-8-12-6-4-5-7-17(12)9-13-15-11(3)16-18-13/h10,12,14H,4-9H2,1-3H3. The average molecular weight is 252 g/mol. The summed E-state index contributed by atoms with van der Waals surface area (Å²) in [7, 11) is 0. The zero-order valence-electron chi connectivity index (χ0n) is 11.6. The highest BCUT2D eigenvalue weighted by Gasteiger charge is 2.23. The van der Waals surface area contributed by atoms with E-state index >= 15 is 0 Å². The molecule has 1 unspecified atom stereocenters. The molecule has 0 radical (unpaired) electrons. The first-order chi connectivity index (χ1) is 8.65. The molecule has 1 saturated heterocycles. The summed E-state index contributed by atoms with van der Waals surface area (Å²) >= 11 is 0. The number of nitrogens with zero attached hydrogens (tertiary/aromatic N) is 3. The second-order valence-corrected chi connectivity index (χ2v) is 5.42. The zero-order chi connectivity index (χ0) is 13.0. The van der Waals surface area contributed by atoms with Crippen molar-refractivity contribution in [3.05, 3.63) is 11.7 Å². The number of nitrogens with one attached hydrogen (secondary N) is 1. The van der Waals surface area contributed by atoms with Crippen LogP contribution in [0.15, 0.2) is 4.52 Å². The Morgan fingerprint density at radius 1 is 1.44 bits per heavy atom. The summed E-state index contributed by atoms with van der Waals surface area (Å²) in [4.78, 5) is 6.76. The van der Waals surface area contributed by atoms with Crippen LogP contribution in [0.3, 0.4) is 0 Å². The van der Waals surface area contributed by atoms with Crippen molar-refractivity contribution in [2.75, 3.05) is 13.1 Å². The average Bonchev–Trinajstić information content (AvgIpc) is 2.73. The summed E-state index contributed by atoms with van der Waals surface area (Å²) in [5.41, 5.74) is 0. The molecule has 5 nitrogen and oxygen atoms in total. The largest absolute Gasteiger partial charge is 0.338 e. The van der Waals surface area contributed by atoms with Crippen LogP contribution < -0.4 is 5.32 Å². The van der Waals surface area contributed by atoms with Gasteiger partial charge in [-0.3, -0.25) is 4.90 Å². The third-order valence-corrected chi connectivity index (χ3v) is 3.42. The SMILES string of the molecule is Cc1noc(CN2CCCCC2CNC(C)C)n1. The highest BCUT2D eigenvalue weighted by Crippen LogP contribution is 2.18. The number of rotatable bonds is 5. The maximum absolute atomic E-state index is 5.22. The fourth-order valence-electron chi connectivity index (χ4n) is 2.45. The molecule has 0 bridgehead atoms. The molecule has 1 N–H and O–H groups in total. The van der Waals surface area contributed by atoms with Gasteiger partial charge in [-0.1, -0.05) is 25.4 Å². The molecule has 1 aromatic rings. The van der Waals surface area contributed by atoms with Gasteiger partial charge in [-0.15, -0.1) is 0 Å². The molecule has 0 spiro atoms. The zero-order valence-corrected chi connectivity index (χ0v) is 11.6. The molecule has 1 aliphatic rings. The number of likely N-dealkylation sites (tertiary alicyclic amines) is 1. The summed E-state index contributed by atoms with van der Waals surface area (Å²) in [5, 5.41) is 7.38. The van der Waals surface area contributed by atoms with E-state index in [4.69, 9.17) is 4.52 Å². The van der Waals surface area contributed by atoms with E-state index in [2.05, 4.69) is 34.2 Å². The van der Waals surface area contributed by atoms with Crippen molar-refractivity contribution in [1.29, 1.82) is 0 Å². The lowest BCUT2D eigenvalue weighted by molar-refractivity contribution is 0.120.